The molecule has 1 amide bonds. The maximum atomic E-state index is 11.9. The van der Waals surface area contributed by atoms with E-state index < -0.39 is 0 Å². The highest BCUT2D eigenvalue weighted by Crippen LogP contribution is 2.42. The van der Waals surface area contributed by atoms with E-state index in [2.05, 4.69) is 27.9 Å². The van der Waals surface area contributed by atoms with Gasteiger partial charge in [-0.3, -0.25) is 9.79 Å². The molecule has 1 fully saturated rings. The number of carbonyl (C=O) groups excluding carboxylic acids is 1. The monoisotopic (exact) mass is 487 g/mol. The average Bonchev–Trinajstić information content (AvgIpc) is 2.56. The summed E-state index contributed by atoms with van der Waals surface area (Å²) in [7, 11) is 5.56. The molecule has 27 heavy (non-hydrogen) atoms. The molecule has 152 valence electrons. The van der Waals surface area contributed by atoms with E-state index in [0.717, 1.165) is 23.8 Å². The van der Waals surface area contributed by atoms with Crippen LogP contribution in [-0.4, -0.2) is 51.0 Å². The zero-order valence-corrected chi connectivity index (χ0v) is 19.3. The third-order valence-electron chi connectivity index (χ3n) is 5.15. The number of aliphatic imine (C=N–C) groups is 1. The van der Waals surface area contributed by atoms with Crippen molar-refractivity contribution in [2.24, 2.45) is 10.4 Å². The molecule has 0 radical (unpaired) electrons. The van der Waals surface area contributed by atoms with E-state index in [1.54, 1.807) is 7.05 Å². The third-order valence-corrected chi connectivity index (χ3v) is 5.15. The molecule has 1 aliphatic carbocycles. The number of hydrogen-bond acceptors (Lipinski definition) is 3. The molecule has 0 atom stereocenters. The van der Waals surface area contributed by atoms with E-state index in [-0.39, 0.29) is 29.9 Å². The van der Waals surface area contributed by atoms with Gasteiger partial charge >= 0.3 is 0 Å². The second kappa shape index (κ2) is 11.5. The molecular formula is C20H34IN5O. The molecule has 0 aliphatic heterocycles. The van der Waals surface area contributed by atoms with Gasteiger partial charge in [0.1, 0.15) is 0 Å². The smallest absolute Gasteiger partial charge is 0.238 e. The predicted octanol–water partition coefficient (Wildman–Crippen LogP) is 3.05. The molecule has 2 rings (SSSR count). The van der Waals surface area contributed by atoms with Gasteiger partial charge in [0.05, 0.1) is 6.54 Å². The van der Waals surface area contributed by atoms with Crippen molar-refractivity contribution in [2.75, 3.05) is 39.5 Å². The Morgan fingerprint density at radius 2 is 2.00 bits per heavy atom. The van der Waals surface area contributed by atoms with Gasteiger partial charge < -0.3 is 20.9 Å². The topological polar surface area (TPSA) is 68.8 Å². The Morgan fingerprint density at radius 1 is 1.26 bits per heavy atom. The number of guanidine groups is 1. The zero-order chi connectivity index (χ0) is 19.0. The molecule has 0 bridgehead atoms. The first-order chi connectivity index (χ1) is 12.5. The molecule has 0 aromatic heterocycles. The molecule has 1 saturated carbocycles. The highest BCUT2D eigenvalue weighted by molar-refractivity contribution is 14.0. The van der Waals surface area contributed by atoms with Crippen LogP contribution in [0.2, 0.25) is 0 Å². The van der Waals surface area contributed by atoms with E-state index in [4.69, 9.17) is 0 Å². The summed E-state index contributed by atoms with van der Waals surface area (Å²) >= 11 is 0. The molecule has 1 aromatic rings. The summed E-state index contributed by atoms with van der Waals surface area (Å²) in [5, 5.41) is 9.76. The second-order valence-corrected chi connectivity index (χ2v) is 7.47. The number of likely N-dealkylation sites (N-methyl/N-ethyl adjacent to an activating group) is 1. The number of nitrogens with zero attached hydrogens (tertiary/aromatic N) is 2. The van der Waals surface area contributed by atoms with Gasteiger partial charge in [-0.2, -0.15) is 0 Å². The summed E-state index contributed by atoms with van der Waals surface area (Å²) in [6, 6.07) is 7.90. The van der Waals surface area contributed by atoms with E-state index in [0.29, 0.717) is 18.5 Å². The van der Waals surface area contributed by atoms with Gasteiger partial charge in [0.15, 0.2) is 5.96 Å². The Hall–Kier alpha value is -1.35. The molecule has 0 unspecified atom stereocenters. The minimum Gasteiger partial charge on any atom is -0.356 e. The first-order valence-electron chi connectivity index (χ1n) is 9.44. The summed E-state index contributed by atoms with van der Waals surface area (Å²) in [4.78, 5) is 18.1. The van der Waals surface area contributed by atoms with Crippen molar-refractivity contribution in [3.8, 4) is 0 Å². The third kappa shape index (κ3) is 7.65. The Kier molecular flexibility index (Phi) is 10.1. The Morgan fingerprint density at radius 3 is 2.56 bits per heavy atom. The fraction of sp³-hybridized carbons (Fsp3) is 0.600. The van der Waals surface area contributed by atoms with Gasteiger partial charge in [-0.15, -0.1) is 24.0 Å². The lowest BCUT2D eigenvalue weighted by Gasteiger charge is -2.41. The average molecular weight is 487 g/mol. The Bertz CT molecular complexity index is 623. The highest BCUT2D eigenvalue weighted by Gasteiger charge is 2.34. The molecule has 6 nitrogen and oxygen atoms in total. The SMILES string of the molecule is CCC1(CNC(=NC)NCc2cccc(NC(=O)CN(C)C)c2)CCC1.I. The minimum atomic E-state index is -0.0112. The lowest BCUT2D eigenvalue weighted by molar-refractivity contribution is -0.116. The van der Waals surface area contributed by atoms with Crippen LogP contribution in [0.1, 0.15) is 38.2 Å². The van der Waals surface area contributed by atoms with Crippen LogP contribution in [0.3, 0.4) is 0 Å². The predicted molar refractivity (Wildman–Crippen MR) is 124 cm³/mol. The maximum absolute atomic E-state index is 11.9. The molecule has 0 spiro atoms. The standard InChI is InChI=1S/C20H33N5O.HI/c1-5-20(10-7-11-20)15-23-19(21-2)22-13-16-8-6-9-17(12-16)24-18(26)14-25(3)4;/h6,8-9,12H,5,7,10-11,13-15H2,1-4H3,(H,24,26)(H2,21,22,23);1H. The van der Waals surface area contributed by atoms with E-state index in [9.17, 15) is 4.79 Å². The molecular weight excluding hydrogens is 453 g/mol. The van der Waals surface area contributed by atoms with Crippen molar-refractivity contribution in [3.05, 3.63) is 29.8 Å². The quantitative estimate of drug-likeness (QED) is 0.300. The lowest BCUT2D eigenvalue weighted by Crippen LogP contribution is -2.46. The van der Waals surface area contributed by atoms with Crippen molar-refractivity contribution in [1.82, 2.24) is 15.5 Å². The van der Waals surface area contributed by atoms with Crippen LogP contribution in [0.5, 0.6) is 0 Å². The molecule has 3 N–H and O–H groups in total. The van der Waals surface area contributed by atoms with Gasteiger partial charge in [0, 0.05) is 25.8 Å². The molecule has 0 heterocycles. The van der Waals surface area contributed by atoms with Crippen molar-refractivity contribution < 1.29 is 4.79 Å². The summed E-state index contributed by atoms with van der Waals surface area (Å²) in [5.74, 6) is 0.815. The zero-order valence-electron chi connectivity index (χ0n) is 17.0. The second-order valence-electron chi connectivity index (χ2n) is 7.47. The van der Waals surface area contributed by atoms with Crippen LogP contribution in [0, 0.1) is 5.41 Å². The molecule has 7 heteroatoms. The number of halogens is 1. The number of rotatable bonds is 8. The Balaban J connectivity index is 0.00000364. The number of hydrogen-bond donors (Lipinski definition) is 3. The van der Waals surface area contributed by atoms with E-state index in [1.165, 1.54) is 25.7 Å². The van der Waals surface area contributed by atoms with Gasteiger partial charge in [-0.1, -0.05) is 25.5 Å². The molecule has 1 aromatic carbocycles. The largest absolute Gasteiger partial charge is 0.356 e. The summed E-state index contributed by atoms with van der Waals surface area (Å²) in [6.45, 7) is 4.28. The number of nitrogens with one attached hydrogen (secondary N) is 3. The first-order valence-corrected chi connectivity index (χ1v) is 9.44. The minimum absolute atomic E-state index is 0. The van der Waals surface area contributed by atoms with Crippen LogP contribution in [-0.2, 0) is 11.3 Å². The maximum Gasteiger partial charge on any atom is 0.238 e. The van der Waals surface area contributed by atoms with Crippen molar-refractivity contribution in [3.63, 3.8) is 0 Å². The van der Waals surface area contributed by atoms with Gasteiger partial charge in [-0.25, -0.2) is 0 Å². The summed E-state index contributed by atoms with van der Waals surface area (Å²) < 4.78 is 0. The van der Waals surface area contributed by atoms with E-state index in [1.807, 2.05) is 43.3 Å². The van der Waals surface area contributed by atoms with Crippen molar-refractivity contribution >= 4 is 41.5 Å². The van der Waals surface area contributed by atoms with Gasteiger partial charge in [0.25, 0.3) is 0 Å². The molecule has 1 aliphatic rings. The first kappa shape index (κ1) is 23.7. The van der Waals surface area contributed by atoms with Crippen LogP contribution in [0.25, 0.3) is 0 Å². The normalized spacial score (nSPS) is 15.5. The number of anilines is 1. The lowest BCUT2D eigenvalue weighted by atomic mass is 9.67. The number of amides is 1. The number of benzene rings is 1. The van der Waals surface area contributed by atoms with Gasteiger partial charge in [-0.05, 0) is 56.5 Å². The van der Waals surface area contributed by atoms with Crippen molar-refractivity contribution in [1.29, 1.82) is 0 Å². The van der Waals surface area contributed by atoms with Gasteiger partial charge in [0.2, 0.25) is 5.91 Å². The van der Waals surface area contributed by atoms with Crippen LogP contribution < -0.4 is 16.0 Å². The number of carbonyl (C=O) groups is 1. The Labute approximate surface area is 180 Å². The van der Waals surface area contributed by atoms with Crippen molar-refractivity contribution in [2.45, 2.75) is 39.2 Å². The molecule has 0 saturated heterocycles. The fourth-order valence-electron chi connectivity index (χ4n) is 3.26. The van der Waals surface area contributed by atoms with E-state index >= 15 is 0 Å². The summed E-state index contributed by atoms with van der Waals surface area (Å²) in [5.41, 5.74) is 2.37. The highest BCUT2D eigenvalue weighted by atomic mass is 127. The fourth-order valence-corrected chi connectivity index (χ4v) is 3.26. The summed E-state index contributed by atoms with van der Waals surface area (Å²) in [6.07, 6.45) is 5.17. The van der Waals surface area contributed by atoms with Crippen LogP contribution in [0.4, 0.5) is 5.69 Å². The van der Waals surface area contributed by atoms with Crippen LogP contribution in [0.15, 0.2) is 29.3 Å². The van der Waals surface area contributed by atoms with Crippen LogP contribution >= 0.6 is 24.0 Å².